The van der Waals surface area contributed by atoms with Crippen molar-refractivity contribution in [1.29, 1.82) is 0 Å². The van der Waals surface area contributed by atoms with Gasteiger partial charge in [0.1, 0.15) is 5.82 Å². The van der Waals surface area contributed by atoms with Crippen molar-refractivity contribution >= 4 is 0 Å². The Bertz CT molecular complexity index is 505. The van der Waals surface area contributed by atoms with E-state index >= 15 is 0 Å². The van der Waals surface area contributed by atoms with Gasteiger partial charge < -0.3 is 4.57 Å². The maximum atomic E-state index is 13.3. The van der Waals surface area contributed by atoms with Crippen molar-refractivity contribution in [1.82, 2.24) is 9.55 Å². The van der Waals surface area contributed by atoms with E-state index < -0.39 is 17.5 Å². The lowest BCUT2D eigenvalue weighted by molar-refractivity contribution is 0.490. The Hall–Kier alpha value is -1.78. The summed E-state index contributed by atoms with van der Waals surface area (Å²) in [6.07, 6.45) is 2.78. The van der Waals surface area contributed by atoms with E-state index in [9.17, 15) is 13.2 Å². The average Bonchev–Trinajstić information content (AvgIpc) is 2.58. The highest BCUT2D eigenvalue weighted by atomic mass is 19.2. The average molecular weight is 212 g/mol. The van der Waals surface area contributed by atoms with Crippen molar-refractivity contribution in [2.45, 2.75) is 6.92 Å². The van der Waals surface area contributed by atoms with Crippen LogP contribution in [0.2, 0.25) is 0 Å². The monoisotopic (exact) mass is 212 g/mol. The van der Waals surface area contributed by atoms with Crippen molar-refractivity contribution in [3.05, 3.63) is 47.8 Å². The number of aryl methyl sites for hydroxylation is 1. The minimum absolute atomic E-state index is 0.187. The van der Waals surface area contributed by atoms with E-state index in [0.717, 1.165) is 6.07 Å². The Morgan fingerprint density at radius 1 is 1.20 bits per heavy atom. The second kappa shape index (κ2) is 3.42. The van der Waals surface area contributed by atoms with Crippen LogP contribution in [0.1, 0.15) is 5.69 Å². The summed E-state index contributed by atoms with van der Waals surface area (Å²) in [5, 5.41) is 0. The molecule has 0 spiro atoms. The molecule has 1 aromatic heterocycles. The smallest absolute Gasteiger partial charge is 0.182 e. The number of benzene rings is 1. The highest BCUT2D eigenvalue weighted by Crippen LogP contribution is 2.18. The SMILES string of the molecule is Cc1cn(-c2cc(F)cc(F)c2F)cn1. The van der Waals surface area contributed by atoms with Crippen LogP contribution in [0.25, 0.3) is 5.69 Å². The standard InChI is InChI=1S/C10H7F3N2/c1-6-4-15(5-14-6)9-3-7(11)2-8(12)10(9)13/h2-5H,1H3. The van der Waals surface area contributed by atoms with E-state index in [4.69, 9.17) is 0 Å². The molecule has 0 fully saturated rings. The second-order valence-electron chi connectivity index (χ2n) is 3.14. The normalized spacial score (nSPS) is 10.7. The summed E-state index contributed by atoms with van der Waals surface area (Å²) in [5.74, 6) is -3.12. The number of rotatable bonds is 1. The molecule has 78 valence electrons. The van der Waals surface area contributed by atoms with E-state index in [0.29, 0.717) is 11.8 Å². The first-order valence-corrected chi connectivity index (χ1v) is 4.23. The summed E-state index contributed by atoms with van der Waals surface area (Å²) in [6, 6.07) is 1.42. The summed E-state index contributed by atoms with van der Waals surface area (Å²) in [5.41, 5.74) is 0.451. The topological polar surface area (TPSA) is 17.8 Å². The Labute approximate surface area is 84.0 Å². The second-order valence-corrected chi connectivity index (χ2v) is 3.14. The third-order valence-corrected chi connectivity index (χ3v) is 1.96. The highest BCUT2D eigenvalue weighted by molar-refractivity contribution is 5.35. The van der Waals surface area contributed by atoms with Crippen LogP contribution in [0.4, 0.5) is 13.2 Å². The lowest BCUT2D eigenvalue weighted by Gasteiger charge is -2.04. The zero-order valence-corrected chi connectivity index (χ0v) is 7.84. The van der Waals surface area contributed by atoms with Gasteiger partial charge in [-0.25, -0.2) is 18.2 Å². The minimum Gasteiger partial charge on any atom is -0.303 e. The molecule has 1 aromatic carbocycles. The molecule has 15 heavy (non-hydrogen) atoms. The van der Waals surface area contributed by atoms with Crippen molar-refractivity contribution in [2.75, 3.05) is 0 Å². The Balaban J connectivity index is 2.62. The van der Waals surface area contributed by atoms with Gasteiger partial charge in [-0.05, 0) is 6.92 Å². The van der Waals surface area contributed by atoms with Crippen LogP contribution >= 0.6 is 0 Å². The van der Waals surface area contributed by atoms with Crippen LogP contribution in [-0.2, 0) is 0 Å². The van der Waals surface area contributed by atoms with Crippen LogP contribution in [0, 0.1) is 24.4 Å². The largest absolute Gasteiger partial charge is 0.303 e. The number of hydrogen-bond donors (Lipinski definition) is 0. The first-order chi connectivity index (χ1) is 7.08. The van der Waals surface area contributed by atoms with E-state index in [1.807, 2.05) is 0 Å². The number of aromatic nitrogens is 2. The maximum Gasteiger partial charge on any atom is 0.182 e. The summed E-state index contributed by atoms with van der Waals surface area (Å²) < 4.78 is 40.3. The van der Waals surface area contributed by atoms with Gasteiger partial charge >= 0.3 is 0 Å². The quantitative estimate of drug-likeness (QED) is 0.664. The molecule has 0 aliphatic rings. The molecule has 0 saturated carbocycles. The summed E-state index contributed by atoms with van der Waals surface area (Å²) >= 11 is 0. The van der Waals surface area contributed by atoms with Crippen LogP contribution in [0.15, 0.2) is 24.7 Å². The zero-order valence-electron chi connectivity index (χ0n) is 7.84. The van der Waals surface area contributed by atoms with Crippen LogP contribution in [0.5, 0.6) is 0 Å². The van der Waals surface area contributed by atoms with Crippen molar-refractivity contribution in [2.24, 2.45) is 0 Å². The molecule has 0 amide bonds. The van der Waals surface area contributed by atoms with E-state index in [-0.39, 0.29) is 5.69 Å². The molecule has 0 radical (unpaired) electrons. The van der Waals surface area contributed by atoms with E-state index in [1.165, 1.54) is 17.1 Å². The van der Waals surface area contributed by atoms with Crippen molar-refractivity contribution in [3.63, 3.8) is 0 Å². The number of imidazole rings is 1. The maximum absolute atomic E-state index is 13.3. The van der Waals surface area contributed by atoms with Gasteiger partial charge in [-0.3, -0.25) is 0 Å². The van der Waals surface area contributed by atoms with Gasteiger partial charge in [0.2, 0.25) is 0 Å². The Morgan fingerprint density at radius 2 is 1.93 bits per heavy atom. The van der Waals surface area contributed by atoms with E-state index in [2.05, 4.69) is 4.98 Å². The first kappa shape index (κ1) is 9.76. The third-order valence-electron chi connectivity index (χ3n) is 1.96. The molecule has 0 bridgehead atoms. The third kappa shape index (κ3) is 1.72. The van der Waals surface area contributed by atoms with Crippen LogP contribution < -0.4 is 0 Å². The fraction of sp³-hybridized carbons (Fsp3) is 0.100. The molecular formula is C10H7F3N2. The lowest BCUT2D eigenvalue weighted by Crippen LogP contribution is -1.99. The molecule has 2 aromatic rings. The molecule has 2 nitrogen and oxygen atoms in total. The van der Waals surface area contributed by atoms with Gasteiger partial charge in [0, 0.05) is 18.3 Å². The molecule has 0 aliphatic heterocycles. The summed E-state index contributed by atoms with van der Waals surface area (Å²) in [7, 11) is 0. The minimum atomic E-state index is -1.21. The highest BCUT2D eigenvalue weighted by Gasteiger charge is 2.12. The number of nitrogens with zero attached hydrogens (tertiary/aromatic N) is 2. The predicted molar refractivity (Wildman–Crippen MR) is 48.2 cm³/mol. The molecule has 0 atom stereocenters. The van der Waals surface area contributed by atoms with Gasteiger partial charge in [0.25, 0.3) is 0 Å². The van der Waals surface area contributed by atoms with Gasteiger partial charge in [0.05, 0.1) is 17.7 Å². The fourth-order valence-corrected chi connectivity index (χ4v) is 1.28. The predicted octanol–water partition coefficient (Wildman–Crippen LogP) is 2.60. The fourth-order valence-electron chi connectivity index (χ4n) is 1.28. The number of hydrogen-bond acceptors (Lipinski definition) is 1. The molecule has 5 heteroatoms. The molecular weight excluding hydrogens is 205 g/mol. The van der Waals surface area contributed by atoms with E-state index in [1.54, 1.807) is 6.92 Å². The molecule has 1 heterocycles. The summed E-state index contributed by atoms with van der Waals surface area (Å²) in [6.45, 7) is 1.70. The Kier molecular flexibility index (Phi) is 2.22. The number of halogens is 3. The van der Waals surface area contributed by atoms with Crippen molar-refractivity contribution in [3.8, 4) is 5.69 Å². The first-order valence-electron chi connectivity index (χ1n) is 4.23. The molecule has 0 aliphatic carbocycles. The van der Waals surface area contributed by atoms with Gasteiger partial charge in [-0.1, -0.05) is 0 Å². The van der Waals surface area contributed by atoms with Gasteiger partial charge in [0.15, 0.2) is 11.6 Å². The molecule has 0 unspecified atom stereocenters. The van der Waals surface area contributed by atoms with Crippen molar-refractivity contribution < 1.29 is 13.2 Å². The van der Waals surface area contributed by atoms with Gasteiger partial charge in [-0.2, -0.15) is 0 Å². The summed E-state index contributed by atoms with van der Waals surface area (Å²) in [4.78, 5) is 3.84. The molecule has 0 N–H and O–H groups in total. The zero-order chi connectivity index (χ0) is 11.0. The van der Waals surface area contributed by atoms with Gasteiger partial charge in [-0.15, -0.1) is 0 Å². The van der Waals surface area contributed by atoms with Crippen LogP contribution in [0.3, 0.4) is 0 Å². The van der Waals surface area contributed by atoms with Crippen LogP contribution in [-0.4, -0.2) is 9.55 Å². The Morgan fingerprint density at radius 3 is 2.53 bits per heavy atom. The molecule has 0 saturated heterocycles. The molecule has 2 rings (SSSR count). The lowest BCUT2D eigenvalue weighted by atomic mass is 10.3.